The van der Waals surface area contributed by atoms with Gasteiger partial charge in [-0.1, -0.05) is 36.4 Å². The molecule has 180 valence electrons. The second kappa shape index (κ2) is 12.2. The van der Waals surface area contributed by atoms with Crippen molar-refractivity contribution in [2.75, 3.05) is 19.1 Å². The Hall–Kier alpha value is -3.33. The molecule has 1 aliphatic heterocycles. The second-order valence-corrected chi connectivity index (χ2v) is 8.94. The molecule has 0 bridgehead atoms. The zero-order valence-electron chi connectivity index (χ0n) is 19.3. The molecule has 34 heavy (non-hydrogen) atoms. The molecule has 2 atom stereocenters. The van der Waals surface area contributed by atoms with Crippen LogP contribution in [0.25, 0.3) is 11.1 Å². The molecule has 3 rings (SSSR count). The van der Waals surface area contributed by atoms with E-state index >= 15 is 0 Å². The summed E-state index contributed by atoms with van der Waals surface area (Å²) in [5, 5.41) is 8.31. The number of methoxy groups -OCH3 is 1. The molecule has 9 heteroatoms. The molecule has 0 radical (unpaired) electrons. The number of ether oxygens (including phenoxy) is 1. The first-order valence-electron chi connectivity index (χ1n) is 11.1. The second-order valence-electron chi connectivity index (χ2n) is 7.95. The van der Waals surface area contributed by atoms with Crippen LogP contribution in [-0.4, -0.2) is 54.9 Å². The lowest BCUT2D eigenvalue weighted by Crippen LogP contribution is -2.42. The first-order chi connectivity index (χ1) is 16.4. The summed E-state index contributed by atoms with van der Waals surface area (Å²) in [6, 6.07) is 13.5. The quantitative estimate of drug-likeness (QED) is 0.447. The van der Waals surface area contributed by atoms with Crippen LogP contribution in [-0.2, 0) is 25.7 Å². The number of thioether (sulfide) groups is 1. The molecule has 1 saturated heterocycles. The van der Waals surface area contributed by atoms with Gasteiger partial charge < -0.3 is 20.7 Å². The van der Waals surface area contributed by atoms with E-state index in [1.165, 1.54) is 7.11 Å². The summed E-state index contributed by atoms with van der Waals surface area (Å²) in [7, 11) is 1.30. The number of amides is 3. The highest BCUT2D eigenvalue weighted by molar-refractivity contribution is 7.98. The van der Waals surface area contributed by atoms with Crippen molar-refractivity contribution in [2.24, 2.45) is 0 Å². The fourth-order valence-corrected chi connectivity index (χ4v) is 4.21. The fourth-order valence-electron chi connectivity index (χ4n) is 3.74. The van der Waals surface area contributed by atoms with Crippen molar-refractivity contribution in [3.8, 4) is 11.1 Å². The number of nitrogens with one attached hydrogen (secondary N) is 3. The van der Waals surface area contributed by atoms with E-state index in [2.05, 4.69) is 16.0 Å². The highest BCUT2D eigenvalue weighted by Crippen LogP contribution is 2.25. The third-order valence-electron chi connectivity index (χ3n) is 5.59. The molecule has 0 unspecified atom stereocenters. The van der Waals surface area contributed by atoms with Gasteiger partial charge >= 0.3 is 5.97 Å². The standard InChI is InChI=1S/C25H29N3O5S/c1-33-25(32)21(12-13-34-2)28-23(30)18-9-8-16(14-19(18)17-6-4-3-5-7-17)15-26-24(31)20-10-11-22(29)27-20/h3-9,14,20-21H,10-13,15H2,1-2H3,(H,26,31)(H,27,29)(H,28,30)/t20-,21-/m0/s1. The number of esters is 1. The van der Waals surface area contributed by atoms with Crippen LogP contribution in [0.3, 0.4) is 0 Å². The number of rotatable bonds is 10. The lowest BCUT2D eigenvalue weighted by atomic mass is 9.96. The maximum Gasteiger partial charge on any atom is 0.328 e. The number of hydrogen-bond donors (Lipinski definition) is 3. The summed E-state index contributed by atoms with van der Waals surface area (Å²) < 4.78 is 4.85. The van der Waals surface area contributed by atoms with Gasteiger partial charge in [-0.2, -0.15) is 11.8 Å². The Kier molecular flexibility index (Phi) is 9.09. The average molecular weight is 484 g/mol. The van der Waals surface area contributed by atoms with E-state index in [9.17, 15) is 19.2 Å². The molecule has 3 N–H and O–H groups in total. The predicted molar refractivity (Wildman–Crippen MR) is 131 cm³/mol. The zero-order chi connectivity index (χ0) is 24.5. The molecule has 8 nitrogen and oxygen atoms in total. The predicted octanol–water partition coefficient (Wildman–Crippen LogP) is 2.27. The van der Waals surface area contributed by atoms with Gasteiger partial charge in [0, 0.05) is 18.5 Å². The van der Waals surface area contributed by atoms with Gasteiger partial charge in [0.05, 0.1) is 7.11 Å². The van der Waals surface area contributed by atoms with Crippen LogP contribution in [0.15, 0.2) is 48.5 Å². The van der Waals surface area contributed by atoms with Gasteiger partial charge in [0.15, 0.2) is 0 Å². The van der Waals surface area contributed by atoms with Crippen molar-refractivity contribution in [3.63, 3.8) is 0 Å². The van der Waals surface area contributed by atoms with E-state index in [0.29, 0.717) is 36.1 Å². The van der Waals surface area contributed by atoms with E-state index < -0.39 is 18.1 Å². The first-order valence-corrected chi connectivity index (χ1v) is 12.5. The van der Waals surface area contributed by atoms with Crippen LogP contribution < -0.4 is 16.0 Å². The lowest BCUT2D eigenvalue weighted by Gasteiger charge is -2.18. The monoisotopic (exact) mass is 483 g/mol. The molecule has 2 aromatic carbocycles. The minimum absolute atomic E-state index is 0.121. The average Bonchev–Trinajstić information content (AvgIpc) is 3.31. The van der Waals surface area contributed by atoms with Gasteiger partial charge in [0.2, 0.25) is 11.8 Å². The first kappa shape index (κ1) is 25.3. The Bertz CT molecular complexity index is 1040. The Morgan fingerprint density at radius 2 is 1.94 bits per heavy atom. The van der Waals surface area contributed by atoms with E-state index in [1.807, 2.05) is 42.7 Å². The smallest absolute Gasteiger partial charge is 0.328 e. The summed E-state index contributed by atoms with van der Waals surface area (Å²) in [6.07, 6.45) is 3.23. The van der Waals surface area contributed by atoms with Gasteiger partial charge in [0.25, 0.3) is 5.91 Å². The molecule has 1 fully saturated rings. The topological polar surface area (TPSA) is 114 Å². The van der Waals surface area contributed by atoms with E-state index in [-0.39, 0.29) is 24.3 Å². The minimum Gasteiger partial charge on any atom is -0.467 e. The summed E-state index contributed by atoms with van der Waals surface area (Å²) in [5.74, 6) is -0.513. The van der Waals surface area contributed by atoms with Crippen molar-refractivity contribution in [1.29, 1.82) is 0 Å². The highest BCUT2D eigenvalue weighted by atomic mass is 32.2. The van der Waals surface area contributed by atoms with Crippen LogP contribution in [0.2, 0.25) is 0 Å². The van der Waals surface area contributed by atoms with Crippen LogP contribution in [0.1, 0.15) is 35.2 Å². The van der Waals surface area contributed by atoms with Crippen molar-refractivity contribution in [2.45, 2.75) is 37.9 Å². The molecular weight excluding hydrogens is 454 g/mol. The van der Waals surface area contributed by atoms with E-state index in [4.69, 9.17) is 4.74 Å². The van der Waals surface area contributed by atoms with Crippen LogP contribution in [0, 0.1) is 0 Å². The molecular formula is C25H29N3O5S. The summed E-state index contributed by atoms with van der Waals surface area (Å²) in [5.41, 5.74) is 2.75. The molecule has 0 saturated carbocycles. The molecule has 0 aliphatic carbocycles. The summed E-state index contributed by atoms with van der Waals surface area (Å²) in [4.78, 5) is 49.1. The van der Waals surface area contributed by atoms with Gasteiger partial charge in [-0.3, -0.25) is 14.4 Å². The Morgan fingerprint density at radius 3 is 2.59 bits per heavy atom. The van der Waals surface area contributed by atoms with Crippen molar-refractivity contribution < 1.29 is 23.9 Å². The Balaban J connectivity index is 1.81. The van der Waals surface area contributed by atoms with Crippen LogP contribution in [0.4, 0.5) is 0 Å². The third kappa shape index (κ3) is 6.60. The maximum atomic E-state index is 13.2. The lowest BCUT2D eigenvalue weighted by molar-refractivity contribution is -0.142. The summed E-state index contributed by atoms with van der Waals surface area (Å²) >= 11 is 1.58. The molecule has 2 aromatic rings. The minimum atomic E-state index is -0.742. The van der Waals surface area contributed by atoms with Gasteiger partial charge in [0.1, 0.15) is 12.1 Å². The Morgan fingerprint density at radius 1 is 1.18 bits per heavy atom. The highest BCUT2D eigenvalue weighted by Gasteiger charge is 2.27. The fraction of sp³-hybridized carbons (Fsp3) is 0.360. The van der Waals surface area contributed by atoms with Crippen LogP contribution >= 0.6 is 11.8 Å². The van der Waals surface area contributed by atoms with Crippen molar-refractivity contribution in [3.05, 3.63) is 59.7 Å². The molecule has 3 amide bonds. The van der Waals surface area contributed by atoms with Crippen LogP contribution in [0.5, 0.6) is 0 Å². The van der Waals surface area contributed by atoms with E-state index in [0.717, 1.165) is 11.1 Å². The van der Waals surface area contributed by atoms with Gasteiger partial charge in [-0.15, -0.1) is 0 Å². The molecule has 0 aromatic heterocycles. The van der Waals surface area contributed by atoms with Gasteiger partial charge in [-0.05, 0) is 53.7 Å². The Labute approximate surface area is 203 Å². The maximum absolute atomic E-state index is 13.2. The number of benzene rings is 2. The molecule has 1 heterocycles. The zero-order valence-corrected chi connectivity index (χ0v) is 20.1. The number of carbonyl (C=O) groups is 4. The van der Waals surface area contributed by atoms with E-state index in [1.54, 1.807) is 23.9 Å². The van der Waals surface area contributed by atoms with Crippen molar-refractivity contribution in [1.82, 2.24) is 16.0 Å². The SMILES string of the molecule is COC(=O)[C@H](CCSC)NC(=O)c1ccc(CNC(=O)[C@@H]2CCC(=O)N2)cc1-c1ccccc1. The largest absolute Gasteiger partial charge is 0.467 e. The molecule has 0 spiro atoms. The van der Waals surface area contributed by atoms with Crippen molar-refractivity contribution >= 4 is 35.5 Å². The normalized spacial score (nSPS) is 15.8. The number of carbonyl (C=O) groups excluding carboxylic acids is 4. The van der Waals surface area contributed by atoms with Gasteiger partial charge in [-0.25, -0.2) is 4.79 Å². The third-order valence-corrected chi connectivity index (χ3v) is 6.24. The number of hydrogen-bond acceptors (Lipinski definition) is 6. The summed E-state index contributed by atoms with van der Waals surface area (Å²) in [6.45, 7) is 0.255. The molecule has 1 aliphatic rings.